The van der Waals surface area contributed by atoms with E-state index in [1.807, 2.05) is 17.9 Å². The topological polar surface area (TPSA) is 60.9 Å². The number of benzene rings is 2. The zero-order chi connectivity index (χ0) is 25.5. The fourth-order valence-electron chi connectivity index (χ4n) is 3.92. The molecule has 0 atom stereocenters. The number of fused-ring (bicyclic) bond motifs is 1. The van der Waals surface area contributed by atoms with Gasteiger partial charge in [-0.05, 0) is 56.3 Å². The van der Waals surface area contributed by atoms with E-state index in [0.29, 0.717) is 45.2 Å². The minimum Gasteiger partial charge on any atom is -0.326 e. The first kappa shape index (κ1) is 25.3. The lowest BCUT2D eigenvalue weighted by Crippen LogP contribution is -2.28. The normalized spacial score (nSPS) is 18.8. The van der Waals surface area contributed by atoms with E-state index in [4.69, 9.17) is 12.2 Å². The lowest BCUT2D eigenvalue weighted by molar-refractivity contribution is -0.113. The van der Waals surface area contributed by atoms with Crippen molar-refractivity contribution < 1.29 is 26.4 Å². The van der Waals surface area contributed by atoms with Gasteiger partial charge in [-0.1, -0.05) is 42.2 Å². The highest BCUT2D eigenvalue weighted by molar-refractivity contribution is 8.27. The Bertz CT molecular complexity index is 1360. The number of carbonyl (C=O) groups is 1. The lowest BCUT2D eigenvalue weighted by Gasteiger charge is -2.23. The fraction of sp³-hybridized carbons (Fsp3) is 0.217. The van der Waals surface area contributed by atoms with Crippen molar-refractivity contribution in [2.45, 2.75) is 24.3 Å². The molecule has 2 heterocycles. The zero-order valence-corrected chi connectivity index (χ0v) is 21.1. The molecule has 0 bridgehead atoms. The van der Waals surface area contributed by atoms with Gasteiger partial charge in [-0.25, -0.2) is 8.42 Å². The van der Waals surface area contributed by atoms with E-state index in [2.05, 4.69) is 0 Å². The predicted molar refractivity (Wildman–Crippen MR) is 136 cm³/mol. The molecule has 1 amide bonds. The SMILES string of the molecule is CCN1C(=CC=C2SC(=S)N(c3ccccc3)C2=O)N(CC)c2cc(S(=O)(=O)C(F)(F)F)ccc21. The minimum atomic E-state index is -5.49. The number of nitrogens with zero attached hydrogens (tertiary/aromatic N) is 3. The number of thioether (sulfide) groups is 1. The molecule has 1 saturated heterocycles. The number of rotatable bonds is 5. The Balaban J connectivity index is 1.72. The molecule has 2 aliphatic heterocycles. The van der Waals surface area contributed by atoms with Crippen LogP contribution in [0, 0.1) is 0 Å². The highest BCUT2D eigenvalue weighted by Crippen LogP contribution is 2.44. The summed E-state index contributed by atoms with van der Waals surface area (Å²) in [5, 5.41) is 0. The van der Waals surface area contributed by atoms with Gasteiger partial charge in [-0.15, -0.1) is 0 Å². The summed E-state index contributed by atoms with van der Waals surface area (Å²) in [5.74, 6) is 0.333. The number of halogens is 3. The third kappa shape index (κ3) is 4.34. The second-order valence-electron chi connectivity index (χ2n) is 7.49. The number of hydrogen-bond donors (Lipinski definition) is 0. The summed E-state index contributed by atoms with van der Waals surface area (Å²) in [6.07, 6.45) is 3.32. The largest absolute Gasteiger partial charge is 0.501 e. The molecule has 12 heteroatoms. The van der Waals surface area contributed by atoms with Gasteiger partial charge in [0.05, 0.1) is 26.9 Å². The monoisotopic (exact) mass is 539 g/mol. The van der Waals surface area contributed by atoms with Crippen LogP contribution in [-0.4, -0.2) is 37.2 Å². The molecule has 6 nitrogen and oxygen atoms in total. The summed E-state index contributed by atoms with van der Waals surface area (Å²) in [6.45, 7) is 4.51. The van der Waals surface area contributed by atoms with Gasteiger partial charge >= 0.3 is 5.51 Å². The number of allylic oxidation sites excluding steroid dienone is 2. The number of alkyl halides is 3. The van der Waals surface area contributed by atoms with Gasteiger partial charge < -0.3 is 9.80 Å². The number of anilines is 3. The first-order valence-corrected chi connectivity index (χ1v) is 13.3. The van der Waals surface area contributed by atoms with E-state index in [0.717, 1.165) is 23.9 Å². The highest BCUT2D eigenvalue weighted by Gasteiger charge is 2.47. The number of para-hydroxylation sites is 1. The maximum atomic E-state index is 13.1. The van der Waals surface area contributed by atoms with Crippen molar-refractivity contribution >= 4 is 61.1 Å². The van der Waals surface area contributed by atoms with E-state index in [-0.39, 0.29) is 5.91 Å². The Kier molecular flexibility index (Phi) is 6.73. The van der Waals surface area contributed by atoms with Crippen molar-refractivity contribution in [1.29, 1.82) is 0 Å². The molecule has 0 aliphatic carbocycles. The molecule has 35 heavy (non-hydrogen) atoms. The summed E-state index contributed by atoms with van der Waals surface area (Å²) >= 11 is 6.54. The lowest BCUT2D eigenvalue weighted by atomic mass is 10.2. The van der Waals surface area contributed by atoms with Crippen LogP contribution in [0.3, 0.4) is 0 Å². The zero-order valence-electron chi connectivity index (χ0n) is 18.6. The molecule has 1 fully saturated rings. The molecule has 2 aromatic carbocycles. The van der Waals surface area contributed by atoms with E-state index >= 15 is 0 Å². The molecule has 0 N–H and O–H groups in total. The smallest absolute Gasteiger partial charge is 0.326 e. The van der Waals surface area contributed by atoms with Crippen molar-refractivity contribution in [2.75, 3.05) is 27.8 Å². The number of amides is 1. The highest BCUT2D eigenvalue weighted by atomic mass is 32.2. The van der Waals surface area contributed by atoms with Crippen LogP contribution in [0.15, 0.2) is 76.3 Å². The molecule has 0 saturated carbocycles. The minimum absolute atomic E-state index is 0.275. The first-order chi connectivity index (χ1) is 16.5. The number of sulfone groups is 1. The summed E-state index contributed by atoms with van der Waals surface area (Å²) in [4.78, 5) is 17.6. The standard InChI is InChI=1S/C23H20F3N3O3S3/c1-3-27-17-11-10-16(35(31,32)23(24,25)26)14-18(17)28(4-2)20(27)13-12-19-21(30)29(22(33)34-19)15-8-6-5-7-9-15/h5-14H,3-4H2,1-2H3. The van der Waals surface area contributed by atoms with Crippen molar-refractivity contribution in [3.05, 3.63) is 71.4 Å². The van der Waals surface area contributed by atoms with E-state index < -0.39 is 20.2 Å². The molecular formula is C23H20F3N3O3S3. The van der Waals surface area contributed by atoms with Gasteiger partial charge in [0.25, 0.3) is 15.7 Å². The maximum absolute atomic E-state index is 13.1. The third-order valence-electron chi connectivity index (χ3n) is 5.52. The Morgan fingerprint density at radius 1 is 0.971 bits per heavy atom. The maximum Gasteiger partial charge on any atom is 0.501 e. The number of thiocarbonyl (C=S) groups is 1. The summed E-state index contributed by atoms with van der Waals surface area (Å²) in [7, 11) is -5.49. The van der Waals surface area contributed by atoms with Gasteiger partial charge in [0.2, 0.25) is 0 Å². The van der Waals surface area contributed by atoms with Crippen molar-refractivity contribution in [3.8, 4) is 0 Å². The number of hydrogen-bond acceptors (Lipinski definition) is 7. The molecular weight excluding hydrogens is 519 g/mol. The second kappa shape index (κ2) is 9.32. The van der Waals surface area contributed by atoms with Crippen LogP contribution in [0.4, 0.5) is 30.2 Å². The molecule has 2 aliphatic rings. The van der Waals surface area contributed by atoms with Crippen molar-refractivity contribution in [2.24, 2.45) is 0 Å². The van der Waals surface area contributed by atoms with Crippen LogP contribution in [0.1, 0.15) is 13.8 Å². The van der Waals surface area contributed by atoms with E-state index in [1.54, 1.807) is 48.2 Å². The van der Waals surface area contributed by atoms with E-state index in [1.165, 1.54) is 11.0 Å². The molecule has 0 unspecified atom stereocenters. The van der Waals surface area contributed by atoms with Gasteiger partial charge in [-0.3, -0.25) is 9.69 Å². The van der Waals surface area contributed by atoms with Crippen LogP contribution >= 0.6 is 24.0 Å². The molecule has 2 aromatic rings. The molecule has 184 valence electrons. The van der Waals surface area contributed by atoms with Crippen molar-refractivity contribution in [3.63, 3.8) is 0 Å². The van der Waals surface area contributed by atoms with Gasteiger partial charge in [0.1, 0.15) is 5.82 Å². The number of carbonyl (C=O) groups excluding carboxylic acids is 1. The molecule has 0 aromatic heterocycles. The van der Waals surface area contributed by atoms with Gasteiger partial charge in [0.15, 0.2) is 4.32 Å². The van der Waals surface area contributed by atoms with Crippen LogP contribution in [0.2, 0.25) is 0 Å². The van der Waals surface area contributed by atoms with Crippen LogP contribution < -0.4 is 14.7 Å². The first-order valence-electron chi connectivity index (χ1n) is 10.5. The fourth-order valence-corrected chi connectivity index (χ4v) is 5.94. The molecule has 4 rings (SSSR count). The second-order valence-corrected chi connectivity index (χ2v) is 11.1. The summed E-state index contributed by atoms with van der Waals surface area (Å²) in [6, 6.07) is 12.4. The Labute approximate surface area is 210 Å². The predicted octanol–water partition coefficient (Wildman–Crippen LogP) is 5.44. The molecule has 0 spiro atoms. The summed E-state index contributed by atoms with van der Waals surface area (Å²) < 4.78 is 63.6. The Hall–Kier alpha value is -2.83. The van der Waals surface area contributed by atoms with E-state index in [9.17, 15) is 26.4 Å². The third-order valence-corrected chi connectivity index (χ3v) is 8.33. The Morgan fingerprint density at radius 3 is 2.20 bits per heavy atom. The van der Waals surface area contributed by atoms with Crippen LogP contribution in [-0.2, 0) is 14.6 Å². The van der Waals surface area contributed by atoms with Gasteiger partial charge in [-0.2, -0.15) is 13.2 Å². The van der Waals surface area contributed by atoms with Crippen molar-refractivity contribution in [1.82, 2.24) is 0 Å². The Morgan fingerprint density at radius 2 is 1.60 bits per heavy atom. The summed E-state index contributed by atoms with van der Waals surface area (Å²) in [5.41, 5.74) is -3.82. The van der Waals surface area contributed by atoms with Crippen LogP contribution in [0.25, 0.3) is 0 Å². The average molecular weight is 540 g/mol. The van der Waals surface area contributed by atoms with Crippen LogP contribution in [0.5, 0.6) is 0 Å². The van der Waals surface area contributed by atoms with Gasteiger partial charge in [0, 0.05) is 13.1 Å². The quantitative estimate of drug-likeness (QED) is 0.371. The average Bonchev–Trinajstić information content (AvgIpc) is 3.28. The molecule has 0 radical (unpaired) electrons.